The van der Waals surface area contributed by atoms with E-state index < -0.39 is 5.82 Å². The summed E-state index contributed by atoms with van der Waals surface area (Å²) >= 11 is 0. The molecule has 0 spiro atoms. The Balaban J connectivity index is 2.38. The van der Waals surface area contributed by atoms with Crippen molar-refractivity contribution < 1.29 is 13.9 Å². The van der Waals surface area contributed by atoms with E-state index in [0.29, 0.717) is 23.2 Å². The molecule has 0 saturated carbocycles. The first-order chi connectivity index (χ1) is 8.22. The van der Waals surface area contributed by atoms with Crippen LogP contribution in [-0.2, 0) is 0 Å². The number of ether oxygens (including phenoxy) is 1. The van der Waals surface area contributed by atoms with Gasteiger partial charge in [-0.25, -0.2) is 4.39 Å². The van der Waals surface area contributed by atoms with Crippen LogP contribution in [0.5, 0.6) is 11.5 Å². The van der Waals surface area contributed by atoms with Crippen molar-refractivity contribution in [2.45, 2.75) is 6.92 Å². The zero-order valence-electron chi connectivity index (χ0n) is 9.31. The van der Waals surface area contributed by atoms with Gasteiger partial charge in [-0.15, -0.1) is 0 Å². The minimum atomic E-state index is -0.409. The minimum absolute atomic E-state index is 0.124. The molecule has 2 aromatic rings. The second kappa shape index (κ2) is 4.78. The molecule has 0 atom stereocenters. The zero-order valence-corrected chi connectivity index (χ0v) is 9.31. The number of halogens is 1. The van der Waals surface area contributed by atoms with Gasteiger partial charge in [0.2, 0.25) is 0 Å². The minimum Gasteiger partial charge on any atom is -0.454 e. The molecule has 0 fully saturated rings. The van der Waals surface area contributed by atoms with E-state index in [2.05, 4.69) is 0 Å². The maximum atomic E-state index is 13.7. The van der Waals surface area contributed by atoms with E-state index in [0.717, 1.165) is 0 Å². The Bertz CT molecular complexity index is 550. The van der Waals surface area contributed by atoms with E-state index in [4.69, 9.17) is 4.74 Å². The van der Waals surface area contributed by atoms with E-state index in [-0.39, 0.29) is 5.75 Å². The topological polar surface area (TPSA) is 26.3 Å². The van der Waals surface area contributed by atoms with Crippen molar-refractivity contribution in [1.82, 2.24) is 0 Å². The van der Waals surface area contributed by atoms with Crippen molar-refractivity contribution in [3.63, 3.8) is 0 Å². The molecule has 0 heterocycles. The maximum Gasteiger partial charge on any atom is 0.168 e. The van der Waals surface area contributed by atoms with Crippen molar-refractivity contribution >= 4 is 6.29 Å². The summed E-state index contributed by atoms with van der Waals surface area (Å²) in [5.41, 5.74) is 0.902. The third-order valence-corrected chi connectivity index (χ3v) is 2.42. The molecule has 0 N–H and O–H groups in total. The molecule has 2 nitrogen and oxygen atoms in total. The van der Waals surface area contributed by atoms with Crippen LogP contribution in [0.15, 0.2) is 42.5 Å². The molecule has 0 aliphatic rings. The lowest BCUT2D eigenvalue weighted by Crippen LogP contribution is -1.93. The van der Waals surface area contributed by atoms with Gasteiger partial charge in [0, 0.05) is 0 Å². The first-order valence-electron chi connectivity index (χ1n) is 5.19. The highest BCUT2D eigenvalue weighted by Crippen LogP contribution is 2.27. The van der Waals surface area contributed by atoms with Crippen LogP contribution in [-0.4, -0.2) is 6.29 Å². The molecular weight excluding hydrogens is 219 g/mol. The quantitative estimate of drug-likeness (QED) is 0.751. The summed E-state index contributed by atoms with van der Waals surface area (Å²) in [6.07, 6.45) is 0.684. The Kier molecular flexibility index (Phi) is 3.19. The van der Waals surface area contributed by atoms with Gasteiger partial charge in [0.1, 0.15) is 5.75 Å². The lowest BCUT2D eigenvalue weighted by Gasteiger charge is -2.09. The van der Waals surface area contributed by atoms with Gasteiger partial charge >= 0.3 is 0 Å². The summed E-state index contributed by atoms with van der Waals surface area (Å²) in [6, 6.07) is 11.6. The van der Waals surface area contributed by atoms with Crippen LogP contribution in [0.3, 0.4) is 0 Å². The Morgan fingerprint density at radius 3 is 2.53 bits per heavy atom. The van der Waals surface area contributed by atoms with Crippen LogP contribution in [0.1, 0.15) is 15.9 Å². The van der Waals surface area contributed by atoms with Crippen molar-refractivity contribution in [3.8, 4) is 11.5 Å². The molecule has 0 unspecified atom stereocenters. The van der Waals surface area contributed by atoms with Crippen molar-refractivity contribution in [3.05, 3.63) is 59.4 Å². The fraction of sp³-hybridized carbons (Fsp3) is 0.0714. The van der Waals surface area contributed by atoms with Crippen LogP contribution in [0.4, 0.5) is 4.39 Å². The fourth-order valence-corrected chi connectivity index (χ4v) is 1.49. The largest absolute Gasteiger partial charge is 0.454 e. The Labute approximate surface area is 98.7 Å². The molecular formula is C14H11FO2. The standard InChI is InChI=1S/C14H11FO2/c1-10-5-4-8-13(14(10)15)17-12-7-3-2-6-11(12)9-16/h2-9H,1H3. The van der Waals surface area contributed by atoms with Crippen LogP contribution < -0.4 is 4.74 Å². The van der Waals surface area contributed by atoms with Crippen molar-refractivity contribution in [2.24, 2.45) is 0 Å². The van der Waals surface area contributed by atoms with Gasteiger partial charge in [0.25, 0.3) is 0 Å². The van der Waals surface area contributed by atoms with Gasteiger partial charge < -0.3 is 4.74 Å². The monoisotopic (exact) mass is 230 g/mol. The first-order valence-corrected chi connectivity index (χ1v) is 5.19. The molecule has 3 heteroatoms. The first kappa shape index (κ1) is 11.3. The molecule has 0 amide bonds. The lowest BCUT2D eigenvalue weighted by atomic mass is 10.2. The molecule has 0 aromatic heterocycles. The van der Waals surface area contributed by atoms with E-state index in [1.165, 1.54) is 6.07 Å². The number of aryl methyl sites for hydroxylation is 1. The Morgan fingerprint density at radius 2 is 1.76 bits per heavy atom. The fourth-order valence-electron chi connectivity index (χ4n) is 1.49. The summed E-state index contributed by atoms with van der Waals surface area (Å²) in [7, 11) is 0. The normalized spacial score (nSPS) is 10.0. The SMILES string of the molecule is Cc1cccc(Oc2ccccc2C=O)c1F. The number of carbonyl (C=O) groups is 1. The van der Waals surface area contributed by atoms with Gasteiger partial charge in [0.05, 0.1) is 5.56 Å². The Morgan fingerprint density at radius 1 is 1.06 bits per heavy atom. The van der Waals surface area contributed by atoms with Crippen LogP contribution >= 0.6 is 0 Å². The van der Waals surface area contributed by atoms with Gasteiger partial charge in [-0.1, -0.05) is 24.3 Å². The van der Waals surface area contributed by atoms with E-state index in [1.807, 2.05) is 0 Å². The summed E-state index contributed by atoms with van der Waals surface area (Å²) in [5, 5.41) is 0. The number of carbonyl (C=O) groups excluding carboxylic acids is 1. The van der Waals surface area contributed by atoms with E-state index >= 15 is 0 Å². The molecule has 2 rings (SSSR count). The number of para-hydroxylation sites is 1. The summed E-state index contributed by atoms with van der Waals surface area (Å²) < 4.78 is 19.1. The number of benzene rings is 2. The molecule has 0 radical (unpaired) electrons. The number of aldehydes is 1. The highest BCUT2D eigenvalue weighted by molar-refractivity contribution is 5.79. The van der Waals surface area contributed by atoms with Crippen molar-refractivity contribution in [2.75, 3.05) is 0 Å². The molecule has 0 aliphatic carbocycles. The molecule has 86 valence electrons. The summed E-state index contributed by atoms with van der Waals surface area (Å²) in [4.78, 5) is 10.8. The summed E-state index contributed by atoms with van der Waals surface area (Å²) in [5.74, 6) is 0.0690. The zero-order chi connectivity index (χ0) is 12.3. The van der Waals surface area contributed by atoms with Crippen LogP contribution in [0, 0.1) is 12.7 Å². The number of hydrogen-bond donors (Lipinski definition) is 0. The second-order valence-electron chi connectivity index (χ2n) is 3.64. The second-order valence-corrected chi connectivity index (χ2v) is 3.64. The molecule has 2 aromatic carbocycles. The van der Waals surface area contributed by atoms with Gasteiger partial charge in [0.15, 0.2) is 17.9 Å². The van der Waals surface area contributed by atoms with Crippen molar-refractivity contribution in [1.29, 1.82) is 0 Å². The van der Waals surface area contributed by atoms with E-state index in [1.54, 1.807) is 43.3 Å². The lowest BCUT2D eigenvalue weighted by molar-refractivity contribution is 0.112. The van der Waals surface area contributed by atoms with Gasteiger partial charge in [-0.05, 0) is 30.7 Å². The summed E-state index contributed by atoms with van der Waals surface area (Å²) in [6.45, 7) is 1.66. The highest BCUT2D eigenvalue weighted by Gasteiger charge is 2.09. The van der Waals surface area contributed by atoms with E-state index in [9.17, 15) is 9.18 Å². The van der Waals surface area contributed by atoms with Crippen LogP contribution in [0.25, 0.3) is 0 Å². The third kappa shape index (κ3) is 2.33. The Hall–Kier alpha value is -2.16. The van der Waals surface area contributed by atoms with Crippen LogP contribution in [0.2, 0.25) is 0 Å². The molecule has 17 heavy (non-hydrogen) atoms. The van der Waals surface area contributed by atoms with Gasteiger partial charge in [-0.3, -0.25) is 4.79 Å². The molecule has 0 aliphatic heterocycles. The third-order valence-electron chi connectivity index (χ3n) is 2.42. The molecule has 0 saturated heterocycles. The molecule has 0 bridgehead atoms. The number of rotatable bonds is 3. The van der Waals surface area contributed by atoms with Gasteiger partial charge in [-0.2, -0.15) is 0 Å². The number of hydrogen-bond acceptors (Lipinski definition) is 2. The predicted octanol–water partition coefficient (Wildman–Crippen LogP) is 3.74. The predicted molar refractivity (Wildman–Crippen MR) is 63.0 cm³/mol. The maximum absolute atomic E-state index is 13.7. The smallest absolute Gasteiger partial charge is 0.168 e. The highest BCUT2D eigenvalue weighted by atomic mass is 19.1. The average Bonchev–Trinajstić information content (AvgIpc) is 2.35. The average molecular weight is 230 g/mol.